The van der Waals surface area contributed by atoms with Crippen LogP contribution in [0.25, 0.3) is 0 Å². The lowest BCUT2D eigenvalue weighted by molar-refractivity contribution is 0.0263. The summed E-state index contributed by atoms with van der Waals surface area (Å²) in [6.45, 7) is 12.6. The zero-order chi connectivity index (χ0) is 32.5. The van der Waals surface area contributed by atoms with Crippen molar-refractivity contribution >= 4 is 12.2 Å². The van der Waals surface area contributed by atoms with Crippen molar-refractivity contribution < 1.29 is 51.6 Å². The van der Waals surface area contributed by atoms with Crippen molar-refractivity contribution in [2.75, 3.05) is 26.2 Å². The van der Waals surface area contributed by atoms with E-state index >= 15 is 0 Å². The van der Waals surface area contributed by atoms with E-state index in [2.05, 4.69) is 0 Å². The molecule has 256 valence electrons. The van der Waals surface area contributed by atoms with E-state index in [1.54, 1.807) is 20.8 Å². The third-order valence-corrected chi connectivity index (χ3v) is 5.71. The number of β-amino-alcohol motifs (C(OH)–C–C–N with tert-alkyl or cyclic N) is 1. The van der Waals surface area contributed by atoms with Gasteiger partial charge in [-0.3, -0.25) is 0 Å². The maximum absolute atomic E-state index is 13.5. The molecule has 9 nitrogen and oxygen atoms in total. The summed E-state index contributed by atoms with van der Waals surface area (Å²) in [5.74, 6) is -3.42. The highest BCUT2D eigenvalue weighted by atomic mass is 19.1. The molecular formula is C32H48F4N2O7. The summed E-state index contributed by atoms with van der Waals surface area (Å²) in [4.78, 5) is 26.3. The first kappa shape index (κ1) is 41.3. The second-order valence-electron chi connectivity index (χ2n) is 12.0. The predicted molar refractivity (Wildman–Crippen MR) is 163 cm³/mol. The Morgan fingerprint density at radius 2 is 1.22 bits per heavy atom. The second-order valence-corrected chi connectivity index (χ2v) is 12.0. The van der Waals surface area contributed by atoms with E-state index in [9.17, 15) is 32.3 Å². The number of rotatable bonds is 2. The standard InChI is InChI=1S/C15H19F2NO3.C9H17NO3.C6H4F2O.2CH4/c1-15(2,3)21-14(19)18-7-6-11(9-18)20-13-8-10(16)4-5-12(13)17;1-9(2,3)13-8(12)10-5-4-7(11)6-10;7-4-1-2-5(8)6(9)3-4;;/h4-5,8,11H,6-7,9H2,1-3H3;7,11H,4-6H2,1-3H3;1-3,9H;2*1H4/t11-;7-;;;/m10.../s1. The minimum atomic E-state index is -0.809. The Morgan fingerprint density at radius 3 is 1.67 bits per heavy atom. The van der Waals surface area contributed by atoms with Crippen LogP contribution in [0.3, 0.4) is 0 Å². The molecule has 0 saturated carbocycles. The van der Waals surface area contributed by atoms with Crippen molar-refractivity contribution in [2.45, 2.75) is 92.6 Å². The maximum atomic E-state index is 13.5. The van der Waals surface area contributed by atoms with Crippen LogP contribution in [0.1, 0.15) is 69.2 Å². The zero-order valence-corrected chi connectivity index (χ0v) is 25.2. The van der Waals surface area contributed by atoms with Gasteiger partial charge in [0.15, 0.2) is 23.1 Å². The fraction of sp³-hybridized carbons (Fsp3) is 0.562. The summed E-state index contributed by atoms with van der Waals surface area (Å²) in [6, 6.07) is 5.58. The van der Waals surface area contributed by atoms with E-state index in [0.717, 1.165) is 36.4 Å². The number of phenolic OH excluding ortho intramolecular Hbond substituents is 1. The summed E-state index contributed by atoms with van der Waals surface area (Å²) in [5, 5.41) is 17.7. The van der Waals surface area contributed by atoms with E-state index in [1.165, 1.54) is 9.80 Å². The molecule has 0 bridgehead atoms. The van der Waals surface area contributed by atoms with Gasteiger partial charge in [0, 0.05) is 38.2 Å². The van der Waals surface area contributed by atoms with Crippen molar-refractivity contribution in [3.8, 4) is 11.5 Å². The number of carbonyl (C=O) groups excluding carboxylic acids is 2. The summed E-state index contributed by atoms with van der Waals surface area (Å²) >= 11 is 0. The van der Waals surface area contributed by atoms with Crippen LogP contribution in [0, 0.1) is 23.3 Å². The lowest BCUT2D eigenvalue weighted by Crippen LogP contribution is -2.36. The van der Waals surface area contributed by atoms with E-state index < -0.39 is 46.3 Å². The average Bonchev–Trinajstić information content (AvgIpc) is 3.52. The molecular weight excluding hydrogens is 600 g/mol. The minimum absolute atomic E-state index is 0. The number of aliphatic hydroxyl groups is 1. The molecule has 45 heavy (non-hydrogen) atoms. The Hall–Kier alpha value is -3.74. The first-order valence-electron chi connectivity index (χ1n) is 13.7. The molecule has 2 aromatic rings. The molecule has 0 unspecified atom stereocenters. The molecule has 2 fully saturated rings. The SMILES string of the molecule is C.C.CC(C)(C)OC(=O)N1CC[C@@H](Oc2cc(F)ccc2F)C1.CC(C)(C)OC(=O)N1CC[C@H](O)C1.Oc1cc(F)ccc1F. The van der Waals surface area contributed by atoms with Crippen molar-refractivity contribution in [2.24, 2.45) is 0 Å². The number of hydrogen-bond donors (Lipinski definition) is 2. The van der Waals surface area contributed by atoms with Crippen LogP contribution in [0.5, 0.6) is 11.5 Å². The van der Waals surface area contributed by atoms with E-state index in [1.807, 2.05) is 20.8 Å². The number of halogens is 4. The lowest BCUT2D eigenvalue weighted by Gasteiger charge is -2.24. The van der Waals surface area contributed by atoms with Crippen LogP contribution in [-0.2, 0) is 9.47 Å². The number of likely N-dealkylation sites (tertiary alicyclic amines) is 2. The summed E-state index contributed by atoms with van der Waals surface area (Å²) < 4.78 is 66.5. The second kappa shape index (κ2) is 17.7. The number of aliphatic hydroxyl groups excluding tert-OH is 1. The van der Waals surface area contributed by atoms with Gasteiger partial charge in [0.2, 0.25) is 0 Å². The number of carbonyl (C=O) groups is 2. The van der Waals surface area contributed by atoms with Gasteiger partial charge < -0.3 is 34.2 Å². The summed E-state index contributed by atoms with van der Waals surface area (Å²) in [6.07, 6.45) is -0.298. The normalized spacial score (nSPS) is 17.4. The number of nitrogens with zero attached hydrogens (tertiary/aromatic N) is 2. The average molecular weight is 649 g/mol. The van der Waals surface area contributed by atoms with Crippen LogP contribution in [0.4, 0.5) is 27.2 Å². The molecule has 2 aromatic carbocycles. The van der Waals surface area contributed by atoms with Crippen molar-refractivity contribution in [1.29, 1.82) is 0 Å². The van der Waals surface area contributed by atoms with Gasteiger partial charge in [0.1, 0.15) is 28.9 Å². The largest absolute Gasteiger partial charge is 0.505 e. The molecule has 0 radical (unpaired) electrons. The topological polar surface area (TPSA) is 109 Å². The van der Waals surface area contributed by atoms with Crippen LogP contribution in [0.2, 0.25) is 0 Å². The fourth-order valence-corrected chi connectivity index (χ4v) is 3.78. The minimum Gasteiger partial charge on any atom is -0.505 e. The molecule has 2 heterocycles. The van der Waals surface area contributed by atoms with Crippen molar-refractivity contribution in [3.05, 3.63) is 59.7 Å². The number of phenols is 1. The van der Waals surface area contributed by atoms with Gasteiger partial charge in [0.25, 0.3) is 0 Å². The number of hydrogen-bond acceptors (Lipinski definition) is 7. The number of ether oxygens (including phenoxy) is 3. The molecule has 2 amide bonds. The molecule has 0 spiro atoms. The quantitative estimate of drug-likeness (QED) is 0.330. The van der Waals surface area contributed by atoms with Gasteiger partial charge in [-0.2, -0.15) is 0 Å². The lowest BCUT2D eigenvalue weighted by atomic mass is 10.2. The Morgan fingerprint density at radius 1 is 0.756 bits per heavy atom. The van der Waals surface area contributed by atoms with Crippen LogP contribution in [0.15, 0.2) is 36.4 Å². The van der Waals surface area contributed by atoms with Gasteiger partial charge in [-0.25, -0.2) is 27.2 Å². The van der Waals surface area contributed by atoms with E-state index in [4.69, 9.17) is 19.3 Å². The number of benzene rings is 2. The molecule has 2 N–H and O–H groups in total. The first-order valence-corrected chi connectivity index (χ1v) is 13.7. The van der Waals surface area contributed by atoms with Gasteiger partial charge in [-0.05, 0) is 72.2 Å². The molecule has 2 saturated heterocycles. The monoisotopic (exact) mass is 648 g/mol. The highest BCUT2D eigenvalue weighted by Gasteiger charge is 2.31. The highest BCUT2D eigenvalue weighted by molar-refractivity contribution is 5.69. The third-order valence-electron chi connectivity index (χ3n) is 5.71. The van der Waals surface area contributed by atoms with Crippen molar-refractivity contribution in [1.82, 2.24) is 9.80 Å². The third kappa shape index (κ3) is 15.2. The Bertz CT molecular complexity index is 1230. The Labute approximate surface area is 263 Å². The van der Waals surface area contributed by atoms with Crippen LogP contribution in [-0.4, -0.2) is 81.8 Å². The number of amides is 2. The van der Waals surface area contributed by atoms with Gasteiger partial charge in [-0.1, -0.05) is 14.9 Å². The summed E-state index contributed by atoms with van der Waals surface area (Å²) in [7, 11) is 0. The number of aromatic hydroxyl groups is 1. The summed E-state index contributed by atoms with van der Waals surface area (Å²) in [5.41, 5.74) is -1.02. The molecule has 4 rings (SSSR count). The molecule has 0 aromatic heterocycles. The molecule has 2 aliphatic heterocycles. The van der Waals surface area contributed by atoms with Crippen LogP contribution >= 0.6 is 0 Å². The molecule has 2 aliphatic rings. The Kier molecular flexibility index (Phi) is 16.2. The Balaban J connectivity index is 0.000000692. The molecule has 0 aliphatic carbocycles. The maximum Gasteiger partial charge on any atom is 0.410 e. The molecule has 2 atom stereocenters. The van der Waals surface area contributed by atoms with E-state index in [-0.39, 0.29) is 38.9 Å². The van der Waals surface area contributed by atoms with Crippen molar-refractivity contribution in [3.63, 3.8) is 0 Å². The first-order chi connectivity index (χ1) is 19.8. The van der Waals surface area contributed by atoms with E-state index in [0.29, 0.717) is 39.0 Å². The zero-order valence-electron chi connectivity index (χ0n) is 25.2. The predicted octanol–water partition coefficient (Wildman–Crippen LogP) is 7.28. The molecule has 13 heteroatoms. The van der Waals surface area contributed by atoms with Gasteiger partial charge in [0.05, 0.1) is 12.6 Å². The highest BCUT2D eigenvalue weighted by Crippen LogP contribution is 2.24. The van der Waals surface area contributed by atoms with Crippen LogP contribution < -0.4 is 4.74 Å². The van der Waals surface area contributed by atoms with Gasteiger partial charge >= 0.3 is 12.2 Å². The van der Waals surface area contributed by atoms with Gasteiger partial charge in [-0.15, -0.1) is 0 Å². The fourth-order valence-electron chi connectivity index (χ4n) is 3.78. The smallest absolute Gasteiger partial charge is 0.410 e.